The number of aromatic nitrogens is 2. The van der Waals surface area contributed by atoms with E-state index in [4.69, 9.17) is 11.6 Å². The van der Waals surface area contributed by atoms with E-state index in [-0.39, 0.29) is 5.82 Å². The van der Waals surface area contributed by atoms with Gasteiger partial charge in [0, 0.05) is 17.5 Å². The maximum Gasteiger partial charge on any atom is 0.151 e. The van der Waals surface area contributed by atoms with Crippen molar-refractivity contribution in [3.63, 3.8) is 0 Å². The second-order valence-electron chi connectivity index (χ2n) is 5.47. The smallest absolute Gasteiger partial charge is 0.151 e. The number of alkyl halides is 1. The van der Waals surface area contributed by atoms with Crippen molar-refractivity contribution in [3.05, 3.63) is 53.8 Å². The molecule has 1 saturated carbocycles. The van der Waals surface area contributed by atoms with Crippen molar-refractivity contribution >= 4 is 22.6 Å². The molecule has 0 saturated heterocycles. The summed E-state index contributed by atoms with van der Waals surface area (Å²) in [5.74, 6) is 1.08. The highest BCUT2D eigenvalue weighted by atomic mass is 35.5. The van der Waals surface area contributed by atoms with Crippen molar-refractivity contribution in [1.29, 1.82) is 0 Å². The molecule has 1 aromatic heterocycles. The van der Waals surface area contributed by atoms with Gasteiger partial charge in [0.25, 0.3) is 0 Å². The SMILES string of the molecule is Fc1cccc2c1nc(-c1ccc(CCl)cc1)n2C1CC1. The van der Waals surface area contributed by atoms with Crippen molar-refractivity contribution in [2.24, 2.45) is 0 Å². The Kier molecular flexibility index (Phi) is 2.96. The van der Waals surface area contributed by atoms with Crippen LogP contribution in [0.3, 0.4) is 0 Å². The van der Waals surface area contributed by atoms with Gasteiger partial charge in [-0.2, -0.15) is 0 Å². The number of nitrogens with zero attached hydrogens (tertiary/aromatic N) is 2. The first kappa shape index (κ1) is 12.8. The lowest BCUT2D eigenvalue weighted by atomic mass is 10.1. The van der Waals surface area contributed by atoms with Crippen LogP contribution in [0, 0.1) is 5.82 Å². The molecule has 21 heavy (non-hydrogen) atoms. The lowest BCUT2D eigenvalue weighted by Gasteiger charge is -2.08. The Bertz CT molecular complexity index is 804. The van der Waals surface area contributed by atoms with Crippen LogP contribution >= 0.6 is 11.6 Å². The molecule has 3 aromatic rings. The fourth-order valence-electron chi connectivity index (χ4n) is 2.73. The minimum atomic E-state index is -0.259. The first-order chi connectivity index (χ1) is 10.3. The minimum absolute atomic E-state index is 0.259. The predicted octanol–water partition coefficient (Wildman–Crippen LogP) is 4.92. The lowest BCUT2D eigenvalue weighted by molar-refractivity contribution is 0.637. The van der Waals surface area contributed by atoms with E-state index in [1.54, 1.807) is 6.07 Å². The van der Waals surface area contributed by atoms with Gasteiger partial charge in [-0.05, 0) is 30.5 Å². The molecule has 0 spiro atoms. The minimum Gasteiger partial charge on any atom is -0.321 e. The second-order valence-corrected chi connectivity index (χ2v) is 5.74. The highest BCUT2D eigenvalue weighted by molar-refractivity contribution is 6.17. The molecule has 0 bridgehead atoms. The zero-order chi connectivity index (χ0) is 14.4. The monoisotopic (exact) mass is 300 g/mol. The molecule has 1 heterocycles. The summed E-state index contributed by atoms with van der Waals surface area (Å²) in [5, 5.41) is 0. The van der Waals surface area contributed by atoms with Gasteiger partial charge in [0.1, 0.15) is 11.3 Å². The number of hydrogen-bond donors (Lipinski definition) is 0. The van der Waals surface area contributed by atoms with E-state index < -0.39 is 0 Å². The molecule has 0 aliphatic heterocycles. The molecule has 0 radical (unpaired) electrons. The van der Waals surface area contributed by atoms with Crippen molar-refractivity contribution in [2.75, 3.05) is 0 Å². The van der Waals surface area contributed by atoms with Crippen LogP contribution in [0.2, 0.25) is 0 Å². The van der Waals surface area contributed by atoms with Crippen molar-refractivity contribution in [1.82, 2.24) is 9.55 Å². The molecular weight excluding hydrogens is 287 g/mol. The summed E-state index contributed by atoms with van der Waals surface area (Å²) in [6.45, 7) is 0. The third-order valence-corrected chi connectivity index (χ3v) is 4.26. The molecule has 2 nitrogen and oxygen atoms in total. The Labute approximate surface area is 127 Å². The topological polar surface area (TPSA) is 17.8 Å². The molecule has 4 heteroatoms. The fourth-order valence-corrected chi connectivity index (χ4v) is 2.91. The van der Waals surface area contributed by atoms with Crippen LogP contribution in [0.4, 0.5) is 4.39 Å². The van der Waals surface area contributed by atoms with Gasteiger partial charge in [0.2, 0.25) is 0 Å². The summed E-state index contributed by atoms with van der Waals surface area (Å²) in [7, 11) is 0. The zero-order valence-corrected chi connectivity index (χ0v) is 12.1. The Morgan fingerprint density at radius 3 is 2.57 bits per heavy atom. The summed E-state index contributed by atoms with van der Waals surface area (Å²) < 4.78 is 16.2. The van der Waals surface area contributed by atoms with Gasteiger partial charge in [-0.3, -0.25) is 0 Å². The normalized spacial score (nSPS) is 14.8. The van der Waals surface area contributed by atoms with Crippen LogP contribution in [0.25, 0.3) is 22.4 Å². The summed E-state index contributed by atoms with van der Waals surface area (Å²) >= 11 is 5.83. The maximum atomic E-state index is 14.0. The van der Waals surface area contributed by atoms with Crippen LogP contribution in [-0.4, -0.2) is 9.55 Å². The fraction of sp³-hybridized carbons (Fsp3) is 0.235. The van der Waals surface area contributed by atoms with Crippen LogP contribution in [0.5, 0.6) is 0 Å². The molecule has 1 aliphatic rings. The van der Waals surface area contributed by atoms with Crippen LogP contribution in [0.1, 0.15) is 24.4 Å². The van der Waals surface area contributed by atoms with Gasteiger partial charge in [0.15, 0.2) is 5.82 Å². The van der Waals surface area contributed by atoms with Crippen molar-refractivity contribution in [3.8, 4) is 11.4 Å². The third-order valence-electron chi connectivity index (χ3n) is 3.95. The predicted molar refractivity (Wildman–Crippen MR) is 83.0 cm³/mol. The Balaban J connectivity index is 1.94. The average molecular weight is 301 g/mol. The van der Waals surface area contributed by atoms with Gasteiger partial charge in [-0.15, -0.1) is 11.6 Å². The number of fused-ring (bicyclic) bond motifs is 1. The molecule has 0 amide bonds. The first-order valence-corrected chi connectivity index (χ1v) is 7.63. The molecule has 0 atom stereocenters. The van der Waals surface area contributed by atoms with Crippen molar-refractivity contribution in [2.45, 2.75) is 24.8 Å². The summed E-state index contributed by atoms with van der Waals surface area (Å²) in [5.41, 5.74) is 3.42. The number of imidazole rings is 1. The van der Waals surface area contributed by atoms with Crippen LogP contribution < -0.4 is 0 Å². The van der Waals surface area contributed by atoms with E-state index in [1.165, 1.54) is 6.07 Å². The molecule has 0 unspecified atom stereocenters. The molecule has 0 N–H and O–H groups in total. The second kappa shape index (κ2) is 4.85. The Hall–Kier alpha value is -1.87. The Morgan fingerprint density at radius 2 is 1.90 bits per heavy atom. The molecule has 1 aliphatic carbocycles. The summed E-state index contributed by atoms with van der Waals surface area (Å²) in [6, 6.07) is 13.6. The van der Waals surface area contributed by atoms with E-state index >= 15 is 0 Å². The van der Waals surface area contributed by atoms with Crippen molar-refractivity contribution < 1.29 is 4.39 Å². The highest BCUT2D eigenvalue weighted by Gasteiger charge is 2.29. The lowest BCUT2D eigenvalue weighted by Crippen LogP contribution is -1.97. The van der Waals surface area contributed by atoms with E-state index in [1.807, 2.05) is 30.3 Å². The summed E-state index contributed by atoms with van der Waals surface area (Å²) in [4.78, 5) is 4.55. The van der Waals surface area contributed by atoms with Gasteiger partial charge >= 0.3 is 0 Å². The standard InChI is InChI=1S/C17H14ClFN2/c18-10-11-4-6-12(7-5-11)17-20-16-14(19)2-1-3-15(16)21(17)13-8-9-13/h1-7,13H,8-10H2. The first-order valence-electron chi connectivity index (χ1n) is 7.09. The van der Waals surface area contributed by atoms with Gasteiger partial charge in [-0.1, -0.05) is 30.3 Å². The van der Waals surface area contributed by atoms with Gasteiger partial charge < -0.3 is 4.57 Å². The van der Waals surface area contributed by atoms with Crippen LogP contribution in [-0.2, 0) is 5.88 Å². The molecule has 106 valence electrons. The van der Waals surface area contributed by atoms with Gasteiger partial charge in [0.05, 0.1) is 5.52 Å². The quantitative estimate of drug-likeness (QED) is 0.628. The molecule has 1 fully saturated rings. The largest absolute Gasteiger partial charge is 0.321 e. The Morgan fingerprint density at radius 1 is 1.14 bits per heavy atom. The van der Waals surface area contributed by atoms with E-state index in [2.05, 4.69) is 9.55 Å². The maximum absolute atomic E-state index is 14.0. The number of para-hydroxylation sites is 1. The average Bonchev–Trinajstić information content (AvgIpc) is 3.28. The molecule has 2 aromatic carbocycles. The van der Waals surface area contributed by atoms with E-state index in [9.17, 15) is 4.39 Å². The van der Waals surface area contributed by atoms with Crippen LogP contribution in [0.15, 0.2) is 42.5 Å². The number of rotatable bonds is 3. The third kappa shape index (κ3) is 2.12. The number of hydrogen-bond acceptors (Lipinski definition) is 1. The zero-order valence-electron chi connectivity index (χ0n) is 11.4. The molecule has 4 rings (SSSR count). The number of benzene rings is 2. The summed E-state index contributed by atoms with van der Waals surface area (Å²) in [6.07, 6.45) is 2.27. The van der Waals surface area contributed by atoms with E-state index in [0.29, 0.717) is 17.4 Å². The number of halogens is 2. The van der Waals surface area contributed by atoms with E-state index in [0.717, 1.165) is 35.3 Å². The van der Waals surface area contributed by atoms with Gasteiger partial charge in [-0.25, -0.2) is 9.37 Å². The highest BCUT2D eigenvalue weighted by Crippen LogP contribution is 2.41. The molecular formula is C17H14ClFN2.